The van der Waals surface area contributed by atoms with Crippen molar-refractivity contribution in [3.8, 4) is 16.8 Å². The summed E-state index contributed by atoms with van der Waals surface area (Å²) < 4.78 is 46.0. The number of nitrogens with zero attached hydrogens (tertiary/aromatic N) is 3. The number of urea groups is 1. The number of hydrogen-bond acceptors (Lipinski definition) is 5. The number of carbonyl (C=O) groups excluding carboxylic acids is 2. The van der Waals surface area contributed by atoms with E-state index >= 15 is 0 Å². The molecule has 0 aliphatic carbocycles. The number of carbonyl (C=O) groups is 2. The van der Waals surface area contributed by atoms with Gasteiger partial charge in [0.15, 0.2) is 0 Å². The Balaban J connectivity index is 1.30. The number of hydrogen-bond donors (Lipinski definition) is 3. The van der Waals surface area contributed by atoms with Gasteiger partial charge in [0.1, 0.15) is 0 Å². The van der Waals surface area contributed by atoms with Crippen LogP contribution in [0.3, 0.4) is 0 Å². The van der Waals surface area contributed by atoms with Gasteiger partial charge in [0.25, 0.3) is 0 Å². The number of pyridine rings is 1. The van der Waals surface area contributed by atoms with Crippen LogP contribution in [0.25, 0.3) is 16.8 Å². The Bertz CT molecular complexity index is 1560. The van der Waals surface area contributed by atoms with Gasteiger partial charge >= 0.3 is 12.2 Å². The summed E-state index contributed by atoms with van der Waals surface area (Å²) in [7, 11) is 0. The molecule has 1 aliphatic heterocycles. The molecule has 3 N–H and O–H groups in total. The number of aryl methyl sites for hydroxylation is 1. The second-order valence-corrected chi connectivity index (χ2v) is 9.74. The topological polar surface area (TPSA) is 110 Å². The molecule has 2 aromatic carbocycles. The van der Waals surface area contributed by atoms with E-state index in [1.807, 2.05) is 6.92 Å². The fraction of sp³-hybridized carbons (Fsp3) is 0.241. The van der Waals surface area contributed by atoms with Gasteiger partial charge in [-0.2, -0.15) is 18.3 Å². The van der Waals surface area contributed by atoms with Crippen molar-refractivity contribution in [3.63, 3.8) is 0 Å². The molecular formula is C29H27F3N6O3. The fourth-order valence-corrected chi connectivity index (χ4v) is 4.54. The minimum atomic E-state index is -4.52. The van der Waals surface area contributed by atoms with Gasteiger partial charge in [-0.1, -0.05) is 12.1 Å². The lowest BCUT2D eigenvalue weighted by Gasteiger charge is -2.13. The molecule has 0 radical (unpaired) electrons. The average Bonchev–Trinajstić information content (AvgIpc) is 3.62. The van der Waals surface area contributed by atoms with E-state index in [9.17, 15) is 22.8 Å². The Hall–Kier alpha value is -4.71. The molecular weight excluding hydrogens is 537 g/mol. The predicted octanol–water partition coefficient (Wildman–Crippen LogP) is 6.27. The number of aromatic nitrogens is 3. The molecule has 0 spiro atoms. The van der Waals surface area contributed by atoms with Crippen LogP contribution in [-0.4, -0.2) is 39.9 Å². The first kappa shape index (κ1) is 27.8. The highest BCUT2D eigenvalue weighted by Gasteiger charge is 2.30. The first-order chi connectivity index (χ1) is 19.7. The van der Waals surface area contributed by atoms with Gasteiger partial charge in [-0.15, -0.1) is 0 Å². The van der Waals surface area contributed by atoms with Crippen molar-refractivity contribution in [3.05, 3.63) is 84.4 Å². The van der Waals surface area contributed by atoms with Crippen molar-refractivity contribution in [1.82, 2.24) is 14.8 Å². The molecule has 3 heterocycles. The molecule has 0 saturated carbocycles. The zero-order valence-electron chi connectivity index (χ0n) is 22.0. The minimum Gasteiger partial charge on any atom is -0.381 e. The number of ether oxygens (including phenoxy) is 1. The predicted molar refractivity (Wildman–Crippen MR) is 148 cm³/mol. The molecule has 1 fully saturated rings. The van der Waals surface area contributed by atoms with E-state index < -0.39 is 17.8 Å². The average molecular weight is 565 g/mol. The van der Waals surface area contributed by atoms with Gasteiger partial charge in [0.05, 0.1) is 23.1 Å². The van der Waals surface area contributed by atoms with Crippen molar-refractivity contribution in [2.24, 2.45) is 5.92 Å². The van der Waals surface area contributed by atoms with Crippen molar-refractivity contribution in [2.45, 2.75) is 25.9 Å². The van der Waals surface area contributed by atoms with Crippen molar-refractivity contribution >= 4 is 29.0 Å². The van der Waals surface area contributed by atoms with Crippen LogP contribution in [0.4, 0.5) is 35.0 Å². The van der Waals surface area contributed by atoms with Crippen LogP contribution in [0.2, 0.25) is 0 Å². The Morgan fingerprint density at radius 3 is 2.61 bits per heavy atom. The molecule has 12 heteroatoms. The number of alkyl halides is 3. The first-order valence-corrected chi connectivity index (χ1v) is 12.9. The molecule has 41 heavy (non-hydrogen) atoms. The lowest BCUT2D eigenvalue weighted by atomic mass is 10.0. The van der Waals surface area contributed by atoms with E-state index in [1.54, 1.807) is 53.7 Å². The van der Waals surface area contributed by atoms with E-state index in [2.05, 4.69) is 26.0 Å². The molecule has 0 bridgehead atoms. The number of amides is 3. The van der Waals surface area contributed by atoms with Crippen LogP contribution in [0, 0.1) is 12.8 Å². The molecule has 1 unspecified atom stereocenters. The molecule has 4 aromatic rings. The van der Waals surface area contributed by atoms with Gasteiger partial charge in [-0.05, 0) is 61.2 Å². The van der Waals surface area contributed by atoms with E-state index in [0.717, 1.165) is 29.7 Å². The summed E-state index contributed by atoms with van der Waals surface area (Å²) in [5, 5.41) is 12.5. The van der Waals surface area contributed by atoms with E-state index in [4.69, 9.17) is 4.74 Å². The third-order valence-corrected chi connectivity index (χ3v) is 6.65. The maximum Gasteiger partial charge on any atom is 0.416 e. The molecule has 1 aliphatic rings. The summed E-state index contributed by atoms with van der Waals surface area (Å²) in [6.45, 7) is 3.14. The van der Waals surface area contributed by atoms with Crippen molar-refractivity contribution in [2.75, 3.05) is 29.2 Å². The Labute approximate surface area is 233 Å². The monoisotopic (exact) mass is 564 g/mol. The maximum absolute atomic E-state index is 13.0. The molecule has 1 saturated heterocycles. The third kappa shape index (κ3) is 6.90. The number of halogens is 3. The van der Waals surface area contributed by atoms with Gasteiger partial charge < -0.3 is 20.7 Å². The highest BCUT2D eigenvalue weighted by Crippen LogP contribution is 2.31. The number of nitrogens with one attached hydrogen (secondary N) is 3. The van der Waals surface area contributed by atoms with Crippen molar-refractivity contribution in [1.29, 1.82) is 0 Å². The Morgan fingerprint density at radius 2 is 1.85 bits per heavy atom. The summed E-state index contributed by atoms with van der Waals surface area (Å²) in [5.41, 5.74) is 3.13. The zero-order valence-corrected chi connectivity index (χ0v) is 22.0. The van der Waals surface area contributed by atoms with Crippen LogP contribution in [0.15, 0.2) is 73.3 Å². The fourth-order valence-electron chi connectivity index (χ4n) is 4.54. The second kappa shape index (κ2) is 11.8. The molecule has 5 rings (SSSR count). The molecule has 9 nitrogen and oxygen atoms in total. The largest absolute Gasteiger partial charge is 0.416 e. The van der Waals surface area contributed by atoms with Gasteiger partial charge in [0.2, 0.25) is 5.91 Å². The highest BCUT2D eigenvalue weighted by atomic mass is 19.4. The summed E-state index contributed by atoms with van der Waals surface area (Å²) in [6.07, 6.45) is 3.41. The summed E-state index contributed by atoms with van der Waals surface area (Å²) in [6, 6.07) is 10.6. The van der Waals surface area contributed by atoms with E-state index in [-0.39, 0.29) is 17.5 Å². The van der Waals surface area contributed by atoms with Gasteiger partial charge in [-0.3, -0.25) is 9.78 Å². The highest BCUT2D eigenvalue weighted by molar-refractivity contribution is 6.00. The van der Waals surface area contributed by atoms with Crippen LogP contribution in [-0.2, 0) is 15.7 Å². The lowest BCUT2D eigenvalue weighted by Crippen LogP contribution is -2.20. The quantitative estimate of drug-likeness (QED) is 0.245. The SMILES string of the molecule is Cc1ccc(NC(=O)Nc2cccc(C(F)(F)F)c2)cc1-n1cc(-c2cnccc2NC(=O)CC2CCOC2)cn1. The summed E-state index contributed by atoms with van der Waals surface area (Å²) >= 11 is 0. The van der Waals surface area contributed by atoms with Gasteiger partial charge in [-0.25, -0.2) is 9.48 Å². The summed E-state index contributed by atoms with van der Waals surface area (Å²) in [5.74, 6) is 0.109. The maximum atomic E-state index is 13.0. The third-order valence-electron chi connectivity index (χ3n) is 6.65. The van der Waals surface area contributed by atoms with Crippen LogP contribution >= 0.6 is 0 Å². The Morgan fingerprint density at radius 1 is 1.05 bits per heavy atom. The van der Waals surface area contributed by atoms with Gasteiger partial charge in [0, 0.05) is 60.7 Å². The summed E-state index contributed by atoms with van der Waals surface area (Å²) in [4.78, 5) is 29.4. The number of rotatable bonds is 7. The minimum absolute atomic E-state index is 0.0114. The molecule has 3 amide bonds. The van der Waals surface area contributed by atoms with Crippen LogP contribution in [0.1, 0.15) is 24.0 Å². The van der Waals surface area contributed by atoms with E-state index in [1.165, 1.54) is 12.1 Å². The molecule has 2 aromatic heterocycles. The molecule has 212 valence electrons. The Kier molecular flexibility index (Phi) is 8.02. The first-order valence-electron chi connectivity index (χ1n) is 12.9. The van der Waals surface area contributed by atoms with E-state index in [0.29, 0.717) is 42.3 Å². The smallest absolute Gasteiger partial charge is 0.381 e. The zero-order chi connectivity index (χ0) is 29.0. The standard InChI is InChI=1S/C29H27F3N6O3/c1-18-5-6-23(36-28(40)35-22-4-2-3-21(12-22)29(30,31)32)13-26(18)38-16-20(14-34-38)24-15-33-9-7-25(24)37-27(39)11-19-8-10-41-17-19/h2-7,9,12-16,19H,8,10-11,17H2,1H3,(H,33,37,39)(H2,35,36,40). The van der Waals surface area contributed by atoms with Crippen LogP contribution in [0.5, 0.6) is 0 Å². The van der Waals surface area contributed by atoms with Crippen molar-refractivity contribution < 1.29 is 27.5 Å². The normalized spacial score (nSPS) is 15.0. The second-order valence-electron chi connectivity index (χ2n) is 9.74. The number of anilines is 3. The molecule has 1 atom stereocenters. The lowest BCUT2D eigenvalue weighted by molar-refractivity contribution is -0.137. The van der Waals surface area contributed by atoms with Crippen LogP contribution < -0.4 is 16.0 Å². The number of benzene rings is 2.